The molecule has 3 nitrogen and oxygen atoms in total. The monoisotopic (exact) mass is 124 g/mol. The van der Waals surface area contributed by atoms with Crippen LogP contribution in [0.25, 0.3) is 0 Å². The van der Waals surface area contributed by atoms with Gasteiger partial charge in [-0.2, -0.15) is 5.10 Å². The first-order chi connectivity index (χ1) is 4.34. The molecule has 0 N–H and O–H groups in total. The van der Waals surface area contributed by atoms with E-state index in [9.17, 15) is 4.79 Å². The highest BCUT2D eigenvalue weighted by atomic mass is 16.1. The molecule has 0 fully saturated rings. The van der Waals surface area contributed by atoms with Crippen molar-refractivity contribution in [3.63, 3.8) is 0 Å². The Morgan fingerprint density at radius 1 is 1.89 bits per heavy atom. The maximum Gasteiger partial charge on any atom is 0.125 e. The smallest absolute Gasteiger partial charge is 0.125 e. The van der Waals surface area contributed by atoms with Crippen LogP contribution in [0, 0.1) is 0 Å². The molecule has 0 aliphatic heterocycles. The lowest BCUT2D eigenvalue weighted by Crippen LogP contribution is -1.97. The Morgan fingerprint density at radius 3 is 3.11 bits per heavy atom. The second-order valence-electron chi connectivity index (χ2n) is 1.82. The van der Waals surface area contributed by atoms with Gasteiger partial charge in [-0.3, -0.25) is 4.68 Å². The van der Waals surface area contributed by atoms with E-state index in [1.165, 1.54) is 0 Å². The predicted octanol–water partition coefficient (Wildman–Crippen LogP) is 0.161. The fourth-order valence-corrected chi connectivity index (χ4v) is 0.687. The molecule has 0 aliphatic rings. The summed E-state index contributed by atoms with van der Waals surface area (Å²) in [4.78, 5) is 9.98. The van der Waals surface area contributed by atoms with Gasteiger partial charge in [0.1, 0.15) is 6.29 Å². The van der Waals surface area contributed by atoms with Gasteiger partial charge in [0.15, 0.2) is 0 Å². The lowest BCUT2D eigenvalue weighted by atomic mass is 10.3. The average Bonchev–Trinajstić information content (AvgIpc) is 2.18. The Bertz CT molecular complexity index is 205. The van der Waals surface area contributed by atoms with Crippen molar-refractivity contribution in [2.45, 2.75) is 6.42 Å². The summed E-state index contributed by atoms with van der Waals surface area (Å²) in [5.41, 5.74) is 0.949. The van der Waals surface area contributed by atoms with Crippen LogP contribution in [0.4, 0.5) is 0 Å². The van der Waals surface area contributed by atoms with E-state index in [0.29, 0.717) is 6.42 Å². The lowest BCUT2D eigenvalue weighted by molar-refractivity contribution is -0.107. The van der Waals surface area contributed by atoms with Gasteiger partial charge in [0.2, 0.25) is 0 Å². The van der Waals surface area contributed by atoms with Gasteiger partial charge in [-0.25, -0.2) is 0 Å². The Morgan fingerprint density at radius 2 is 2.67 bits per heavy atom. The Labute approximate surface area is 53.3 Å². The van der Waals surface area contributed by atoms with Crippen LogP contribution in [-0.4, -0.2) is 16.1 Å². The van der Waals surface area contributed by atoms with Gasteiger partial charge in [0, 0.05) is 25.4 Å². The summed E-state index contributed by atoms with van der Waals surface area (Å²) < 4.78 is 1.69. The van der Waals surface area contributed by atoms with Crippen molar-refractivity contribution in [1.29, 1.82) is 0 Å². The second kappa shape index (κ2) is 2.44. The van der Waals surface area contributed by atoms with Crippen molar-refractivity contribution < 1.29 is 4.79 Å². The summed E-state index contributed by atoms with van der Waals surface area (Å²) >= 11 is 0. The molecule has 3 heteroatoms. The molecule has 0 bridgehead atoms. The number of carbonyl (C=O) groups excluding carboxylic acids is 1. The molecule has 0 saturated carbocycles. The Kier molecular flexibility index (Phi) is 1.63. The first kappa shape index (κ1) is 6.01. The van der Waals surface area contributed by atoms with E-state index in [1.807, 2.05) is 13.1 Å². The molecule has 0 spiro atoms. The van der Waals surface area contributed by atoms with Crippen LogP contribution in [0.2, 0.25) is 0 Å². The van der Waals surface area contributed by atoms with E-state index >= 15 is 0 Å². The molecule has 0 aromatic carbocycles. The van der Waals surface area contributed by atoms with E-state index < -0.39 is 0 Å². The molecule has 0 amide bonds. The Balaban J connectivity index is 2.80. The molecule has 0 unspecified atom stereocenters. The van der Waals surface area contributed by atoms with Crippen LogP contribution in [0.1, 0.15) is 5.69 Å². The quantitative estimate of drug-likeness (QED) is 0.526. The second-order valence-corrected chi connectivity index (χ2v) is 1.82. The van der Waals surface area contributed by atoms with Crippen molar-refractivity contribution in [1.82, 2.24) is 9.78 Å². The maximum absolute atomic E-state index is 9.98. The molecule has 0 saturated heterocycles. The SMILES string of the molecule is Cn1nccc1CC=O. The minimum atomic E-state index is 0.455. The number of aryl methyl sites for hydroxylation is 1. The van der Waals surface area contributed by atoms with Gasteiger partial charge in [-0.15, -0.1) is 0 Å². The van der Waals surface area contributed by atoms with E-state index in [-0.39, 0.29) is 0 Å². The van der Waals surface area contributed by atoms with Crippen LogP contribution in [0.3, 0.4) is 0 Å². The number of hydrogen-bond acceptors (Lipinski definition) is 2. The third-order valence-electron chi connectivity index (χ3n) is 1.21. The standard InChI is InChI=1S/C6H8N2O/c1-8-6(3-5-9)2-4-7-8/h2,4-5H,3H2,1H3. The summed E-state index contributed by atoms with van der Waals surface area (Å²) in [5, 5.41) is 3.89. The van der Waals surface area contributed by atoms with Crippen molar-refractivity contribution in [2.24, 2.45) is 7.05 Å². The number of hydrogen-bond donors (Lipinski definition) is 0. The van der Waals surface area contributed by atoms with Gasteiger partial charge in [0.05, 0.1) is 0 Å². The molecule has 0 radical (unpaired) electrons. The van der Waals surface area contributed by atoms with Crippen LogP contribution in [0.5, 0.6) is 0 Å². The van der Waals surface area contributed by atoms with Crippen LogP contribution in [0.15, 0.2) is 12.3 Å². The predicted molar refractivity (Wildman–Crippen MR) is 33.0 cm³/mol. The summed E-state index contributed by atoms with van der Waals surface area (Å²) in [6.45, 7) is 0. The highest BCUT2D eigenvalue weighted by Gasteiger charge is 1.93. The van der Waals surface area contributed by atoms with E-state index in [2.05, 4.69) is 5.10 Å². The van der Waals surface area contributed by atoms with Gasteiger partial charge >= 0.3 is 0 Å². The summed E-state index contributed by atoms with van der Waals surface area (Å²) in [5.74, 6) is 0. The minimum Gasteiger partial charge on any atom is -0.303 e. The van der Waals surface area contributed by atoms with Gasteiger partial charge < -0.3 is 4.79 Å². The van der Waals surface area contributed by atoms with E-state index in [0.717, 1.165) is 12.0 Å². The molecule has 48 valence electrons. The van der Waals surface area contributed by atoms with E-state index in [1.54, 1.807) is 10.9 Å². The van der Waals surface area contributed by atoms with Gasteiger partial charge in [0.25, 0.3) is 0 Å². The van der Waals surface area contributed by atoms with Crippen LogP contribution >= 0.6 is 0 Å². The molecule has 0 aliphatic carbocycles. The summed E-state index contributed by atoms with van der Waals surface area (Å²) in [7, 11) is 1.82. The highest BCUT2D eigenvalue weighted by molar-refractivity contribution is 5.53. The molecule has 1 aromatic rings. The van der Waals surface area contributed by atoms with Crippen molar-refractivity contribution in [3.05, 3.63) is 18.0 Å². The molecule has 1 aromatic heterocycles. The fourth-order valence-electron chi connectivity index (χ4n) is 0.687. The van der Waals surface area contributed by atoms with Gasteiger partial charge in [-0.1, -0.05) is 0 Å². The first-order valence-electron chi connectivity index (χ1n) is 2.75. The van der Waals surface area contributed by atoms with Gasteiger partial charge in [-0.05, 0) is 6.07 Å². The molecule has 9 heavy (non-hydrogen) atoms. The fraction of sp³-hybridized carbons (Fsp3) is 0.333. The van der Waals surface area contributed by atoms with Crippen LogP contribution < -0.4 is 0 Å². The lowest BCUT2D eigenvalue weighted by Gasteiger charge is -1.92. The minimum absolute atomic E-state index is 0.455. The molecule has 1 heterocycles. The first-order valence-corrected chi connectivity index (χ1v) is 2.75. The topological polar surface area (TPSA) is 34.9 Å². The number of aldehydes is 1. The normalized spacial score (nSPS) is 9.44. The molecule has 0 atom stereocenters. The summed E-state index contributed by atoms with van der Waals surface area (Å²) in [6.07, 6.45) is 3.01. The Hall–Kier alpha value is -1.12. The zero-order chi connectivity index (χ0) is 6.69. The molecule has 1 rings (SSSR count). The number of rotatable bonds is 2. The number of nitrogens with zero attached hydrogens (tertiary/aromatic N) is 2. The van der Waals surface area contributed by atoms with E-state index in [4.69, 9.17) is 0 Å². The largest absolute Gasteiger partial charge is 0.303 e. The summed E-state index contributed by atoms with van der Waals surface area (Å²) in [6, 6.07) is 1.83. The van der Waals surface area contributed by atoms with Crippen molar-refractivity contribution in [3.8, 4) is 0 Å². The highest BCUT2D eigenvalue weighted by Crippen LogP contribution is 1.93. The number of aromatic nitrogens is 2. The van der Waals surface area contributed by atoms with Crippen molar-refractivity contribution in [2.75, 3.05) is 0 Å². The zero-order valence-electron chi connectivity index (χ0n) is 5.24. The number of carbonyl (C=O) groups is 1. The third-order valence-corrected chi connectivity index (χ3v) is 1.21. The maximum atomic E-state index is 9.98. The van der Waals surface area contributed by atoms with Crippen molar-refractivity contribution >= 4 is 6.29 Å². The zero-order valence-corrected chi connectivity index (χ0v) is 5.24. The average molecular weight is 124 g/mol. The van der Waals surface area contributed by atoms with Crippen LogP contribution in [-0.2, 0) is 18.3 Å². The molecular formula is C6H8N2O. The third kappa shape index (κ3) is 1.16. The molecular weight excluding hydrogens is 116 g/mol.